The monoisotopic (exact) mass is 397 g/mol. The van der Waals surface area contributed by atoms with Crippen molar-refractivity contribution in [1.82, 2.24) is 4.90 Å². The van der Waals surface area contributed by atoms with Gasteiger partial charge in [-0.1, -0.05) is 18.2 Å². The number of carbonyl (C=O) groups excluding carboxylic acids is 2. The van der Waals surface area contributed by atoms with Gasteiger partial charge in [-0.25, -0.2) is 0 Å². The van der Waals surface area contributed by atoms with Gasteiger partial charge in [0.2, 0.25) is 5.91 Å². The highest BCUT2D eigenvalue weighted by Gasteiger charge is 2.27. The summed E-state index contributed by atoms with van der Waals surface area (Å²) >= 11 is 1.58. The maximum Gasteiger partial charge on any atom is 0.258 e. The van der Waals surface area contributed by atoms with Crippen LogP contribution in [0.4, 0.5) is 10.7 Å². The van der Waals surface area contributed by atoms with Gasteiger partial charge in [0.15, 0.2) is 0 Å². The van der Waals surface area contributed by atoms with E-state index >= 15 is 0 Å². The molecule has 1 aromatic heterocycles. The summed E-state index contributed by atoms with van der Waals surface area (Å²) in [6.07, 6.45) is 6.45. The summed E-state index contributed by atoms with van der Waals surface area (Å²) in [5, 5.41) is 6.82. The van der Waals surface area contributed by atoms with Gasteiger partial charge in [-0.05, 0) is 75.7 Å². The summed E-state index contributed by atoms with van der Waals surface area (Å²) in [6, 6.07) is 7.78. The fourth-order valence-corrected chi connectivity index (χ4v) is 5.41. The predicted octanol–water partition coefficient (Wildman–Crippen LogP) is 4.22. The van der Waals surface area contributed by atoms with E-state index in [0.29, 0.717) is 17.1 Å². The number of para-hydroxylation sites is 1. The molecule has 0 radical (unpaired) electrons. The van der Waals surface area contributed by atoms with Crippen LogP contribution < -0.4 is 10.6 Å². The number of fused-ring (bicyclic) bond motifs is 1. The number of aryl methyl sites for hydroxylation is 2. The van der Waals surface area contributed by atoms with Gasteiger partial charge in [-0.2, -0.15) is 0 Å². The molecule has 148 valence electrons. The highest BCUT2D eigenvalue weighted by molar-refractivity contribution is 7.17. The first-order valence-corrected chi connectivity index (χ1v) is 11.0. The first-order chi connectivity index (χ1) is 13.6. The summed E-state index contributed by atoms with van der Waals surface area (Å²) in [6.45, 7) is 4.35. The smallest absolute Gasteiger partial charge is 0.258 e. The molecule has 4 rings (SSSR count). The molecule has 2 N–H and O–H groups in total. The number of anilines is 2. The summed E-state index contributed by atoms with van der Waals surface area (Å²) < 4.78 is 0. The van der Waals surface area contributed by atoms with E-state index in [1.54, 1.807) is 11.3 Å². The molecule has 6 heteroatoms. The van der Waals surface area contributed by atoms with Crippen LogP contribution >= 0.6 is 11.3 Å². The third kappa shape index (κ3) is 4.13. The van der Waals surface area contributed by atoms with Crippen LogP contribution in [0, 0.1) is 6.92 Å². The van der Waals surface area contributed by atoms with Crippen LogP contribution in [0.2, 0.25) is 0 Å². The molecule has 0 spiro atoms. The molecule has 0 unspecified atom stereocenters. The number of nitrogens with one attached hydrogen (secondary N) is 2. The molecule has 2 aliphatic rings. The topological polar surface area (TPSA) is 61.4 Å². The van der Waals surface area contributed by atoms with Crippen LogP contribution in [0.3, 0.4) is 0 Å². The molecule has 28 heavy (non-hydrogen) atoms. The summed E-state index contributed by atoms with van der Waals surface area (Å²) in [5.74, 6) is -0.143. The summed E-state index contributed by atoms with van der Waals surface area (Å²) in [5.41, 5.74) is 3.63. The Hall–Kier alpha value is -2.18. The van der Waals surface area contributed by atoms with Gasteiger partial charge in [-0.15, -0.1) is 11.3 Å². The van der Waals surface area contributed by atoms with Crippen molar-refractivity contribution in [3.05, 3.63) is 45.8 Å². The highest BCUT2D eigenvalue weighted by atomic mass is 32.1. The molecule has 2 amide bonds. The SMILES string of the molecule is Cc1ccccc1NC(=O)c1c(NC(=O)CN2CCCC2)sc2c1CCCC2. The van der Waals surface area contributed by atoms with Crippen molar-refractivity contribution in [2.24, 2.45) is 0 Å². The Bertz CT molecular complexity index is 884. The van der Waals surface area contributed by atoms with Gasteiger partial charge in [0.25, 0.3) is 5.91 Å². The van der Waals surface area contributed by atoms with E-state index in [0.717, 1.165) is 68.4 Å². The average molecular weight is 398 g/mol. The summed E-state index contributed by atoms with van der Waals surface area (Å²) in [7, 11) is 0. The zero-order valence-corrected chi connectivity index (χ0v) is 17.2. The molecular formula is C22H27N3O2S. The molecule has 1 fully saturated rings. The van der Waals surface area contributed by atoms with Crippen molar-refractivity contribution < 1.29 is 9.59 Å². The molecule has 0 atom stereocenters. The Kier molecular flexibility index (Phi) is 5.78. The van der Waals surface area contributed by atoms with E-state index in [-0.39, 0.29) is 11.8 Å². The van der Waals surface area contributed by atoms with Gasteiger partial charge in [0.05, 0.1) is 12.1 Å². The van der Waals surface area contributed by atoms with Crippen LogP contribution in [0.5, 0.6) is 0 Å². The van der Waals surface area contributed by atoms with E-state index in [2.05, 4.69) is 15.5 Å². The van der Waals surface area contributed by atoms with E-state index in [1.165, 1.54) is 4.88 Å². The number of amides is 2. The Labute approximate surface area is 170 Å². The molecule has 1 aromatic carbocycles. The fraction of sp³-hybridized carbons (Fsp3) is 0.455. The van der Waals surface area contributed by atoms with E-state index in [1.807, 2.05) is 31.2 Å². The summed E-state index contributed by atoms with van der Waals surface area (Å²) in [4.78, 5) is 29.2. The number of benzene rings is 1. The maximum atomic E-state index is 13.2. The number of rotatable bonds is 5. The third-order valence-corrected chi connectivity index (χ3v) is 6.82. The molecule has 0 saturated carbocycles. The van der Waals surface area contributed by atoms with Gasteiger partial charge in [-0.3, -0.25) is 14.5 Å². The predicted molar refractivity (Wildman–Crippen MR) is 114 cm³/mol. The van der Waals surface area contributed by atoms with Crippen molar-refractivity contribution in [3.63, 3.8) is 0 Å². The number of carbonyl (C=O) groups is 2. The zero-order chi connectivity index (χ0) is 19.5. The number of thiophene rings is 1. The normalized spacial score (nSPS) is 16.6. The van der Waals surface area contributed by atoms with Crippen LogP contribution in [-0.2, 0) is 17.6 Å². The lowest BCUT2D eigenvalue weighted by atomic mass is 9.95. The van der Waals surface area contributed by atoms with Crippen molar-refractivity contribution in [1.29, 1.82) is 0 Å². The number of likely N-dealkylation sites (tertiary alicyclic amines) is 1. The van der Waals surface area contributed by atoms with Crippen molar-refractivity contribution >= 4 is 33.8 Å². The molecule has 1 aliphatic heterocycles. The Balaban J connectivity index is 1.57. The first kappa shape index (κ1) is 19.2. The minimum absolute atomic E-state index is 0.0227. The second-order valence-corrected chi connectivity index (χ2v) is 8.82. The number of nitrogens with zero attached hydrogens (tertiary/aromatic N) is 1. The van der Waals surface area contributed by atoms with Gasteiger partial charge < -0.3 is 10.6 Å². The lowest BCUT2D eigenvalue weighted by Crippen LogP contribution is -2.31. The van der Waals surface area contributed by atoms with E-state index in [4.69, 9.17) is 0 Å². The minimum Gasteiger partial charge on any atom is -0.322 e. The van der Waals surface area contributed by atoms with Crippen molar-refractivity contribution in [2.75, 3.05) is 30.3 Å². The first-order valence-electron chi connectivity index (χ1n) is 10.2. The quantitative estimate of drug-likeness (QED) is 0.794. The fourth-order valence-electron chi connectivity index (χ4n) is 4.10. The van der Waals surface area contributed by atoms with E-state index in [9.17, 15) is 9.59 Å². The van der Waals surface area contributed by atoms with Crippen molar-refractivity contribution in [2.45, 2.75) is 45.4 Å². The molecule has 2 aromatic rings. The zero-order valence-electron chi connectivity index (χ0n) is 16.3. The molecular weight excluding hydrogens is 370 g/mol. The van der Waals surface area contributed by atoms with Gasteiger partial charge in [0, 0.05) is 10.6 Å². The maximum absolute atomic E-state index is 13.2. The molecule has 1 saturated heterocycles. The molecule has 1 aliphatic carbocycles. The second-order valence-electron chi connectivity index (χ2n) is 7.72. The van der Waals surface area contributed by atoms with Gasteiger partial charge >= 0.3 is 0 Å². The minimum atomic E-state index is -0.120. The third-order valence-electron chi connectivity index (χ3n) is 5.61. The molecule has 5 nitrogen and oxygen atoms in total. The highest BCUT2D eigenvalue weighted by Crippen LogP contribution is 2.38. The Morgan fingerprint density at radius 3 is 2.57 bits per heavy atom. The number of hydrogen-bond acceptors (Lipinski definition) is 4. The molecule has 2 heterocycles. The Morgan fingerprint density at radius 1 is 1.04 bits per heavy atom. The standard InChI is InChI=1S/C22H27N3O2S/c1-15-8-2-4-10-17(15)23-21(27)20-16-9-3-5-11-18(16)28-22(20)24-19(26)14-25-12-6-7-13-25/h2,4,8,10H,3,5-7,9,11-14H2,1H3,(H,23,27)(H,24,26). The number of hydrogen-bond donors (Lipinski definition) is 2. The van der Waals surface area contributed by atoms with Gasteiger partial charge in [0.1, 0.15) is 5.00 Å². The largest absolute Gasteiger partial charge is 0.322 e. The lowest BCUT2D eigenvalue weighted by Gasteiger charge is -2.15. The Morgan fingerprint density at radius 2 is 1.79 bits per heavy atom. The lowest BCUT2D eigenvalue weighted by molar-refractivity contribution is -0.117. The second kappa shape index (κ2) is 8.45. The van der Waals surface area contributed by atoms with E-state index < -0.39 is 0 Å². The van der Waals surface area contributed by atoms with Crippen LogP contribution in [0.25, 0.3) is 0 Å². The van der Waals surface area contributed by atoms with Crippen LogP contribution in [0.15, 0.2) is 24.3 Å². The van der Waals surface area contributed by atoms with Crippen molar-refractivity contribution in [3.8, 4) is 0 Å². The average Bonchev–Trinajstić information content (AvgIpc) is 3.30. The van der Waals surface area contributed by atoms with Crippen LogP contribution in [-0.4, -0.2) is 36.3 Å². The van der Waals surface area contributed by atoms with Crippen LogP contribution in [0.1, 0.15) is 52.0 Å². The molecule has 0 bridgehead atoms.